The predicted octanol–water partition coefficient (Wildman–Crippen LogP) is 2.87. The zero-order valence-corrected chi connectivity index (χ0v) is 13.2. The number of halogens is 2. The van der Waals surface area contributed by atoms with Crippen molar-refractivity contribution in [3.63, 3.8) is 0 Å². The van der Waals surface area contributed by atoms with Crippen LogP contribution in [-0.4, -0.2) is 30.3 Å². The van der Waals surface area contributed by atoms with Gasteiger partial charge in [0.05, 0.1) is 0 Å². The van der Waals surface area contributed by atoms with E-state index >= 15 is 0 Å². The molecule has 1 fully saturated rings. The fourth-order valence-electron chi connectivity index (χ4n) is 2.80. The molecule has 1 aliphatic rings. The van der Waals surface area contributed by atoms with Crippen LogP contribution in [0.2, 0.25) is 5.02 Å². The fraction of sp³-hybridized carbons (Fsp3) is 0.562. The first-order valence-corrected chi connectivity index (χ1v) is 8.06. The van der Waals surface area contributed by atoms with Crippen molar-refractivity contribution in [3.05, 3.63) is 34.6 Å². The number of urea groups is 1. The Bertz CT molecular complexity index is 485. The number of hydrogen-bond donors (Lipinski definition) is 3. The number of hydrogen-bond acceptors (Lipinski definition) is 2. The zero-order valence-electron chi connectivity index (χ0n) is 12.4. The van der Waals surface area contributed by atoms with Gasteiger partial charge in [-0.05, 0) is 50.2 Å². The molecule has 22 heavy (non-hydrogen) atoms. The maximum Gasteiger partial charge on any atom is 0.315 e. The van der Waals surface area contributed by atoms with Crippen LogP contribution < -0.4 is 10.6 Å². The van der Waals surface area contributed by atoms with Gasteiger partial charge in [-0.1, -0.05) is 17.7 Å². The Morgan fingerprint density at radius 3 is 2.68 bits per heavy atom. The summed E-state index contributed by atoms with van der Waals surface area (Å²) in [7, 11) is 0. The van der Waals surface area contributed by atoms with E-state index in [0.717, 1.165) is 25.7 Å². The second-order valence-corrected chi connectivity index (χ2v) is 6.16. The molecule has 0 spiro atoms. The van der Waals surface area contributed by atoms with Crippen molar-refractivity contribution in [2.75, 3.05) is 13.2 Å². The van der Waals surface area contributed by atoms with Crippen LogP contribution >= 0.6 is 11.6 Å². The Labute approximate surface area is 135 Å². The molecule has 0 bridgehead atoms. The van der Waals surface area contributed by atoms with Gasteiger partial charge in [0, 0.05) is 29.8 Å². The average molecular weight is 329 g/mol. The van der Waals surface area contributed by atoms with Crippen LogP contribution in [-0.2, 0) is 6.42 Å². The highest BCUT2D eigenvalue weighted by Gasteiger charge is 2.21. The Kier molecular flexibility index (Phi) is 6.46. The lowest BCUT2D eigenvalue weighted by Gasteiger charge is -2.27. The van der Waals surface area contributed by atoms with Gasteiger partial charge >= 0.3 is 6.03 Å². The molecular formula is C16H22ClFN2O2. The molecule has 0 saturated heterocycles. The Balaban J connectivity index is 1.70. The molecule has 1 saturated carbocycles. The van der Waals surface area contributed by atoms with E-state index in [-0.39, 0.29) is 24.5 Å². The molecule has 0 unspecified atom stereocenters. The highest BCUT2D eigenvalue weighted by atomic mass is 35.5. The smallest absolute Gasteiger partial charge is 0.315 e. The first-order chi connectivity index (χ1) is 10.6. The van der Waals surface area contributed by atoms with Crippen LogP contribution in [0.1, 0.15) is 31.2 Å². The minimum atomic E-state index is -0.350. The lowest BCUT2D eigenvalue weighted by atomic mass is 9.87. The Morgan fingerprint density at radius 2 is 2.05 bits per heavy atom. The number of rotatable bonds is 5. The van der Waals surface area contributed by atoms with Crippen molar-refractivity contribution >= 4 is 17.6 Å². The summed E-state index contributed by atoms with van der Waals surface area (Å²) in [6, 6.07) is 4.48. The monoisotopic (exact) mass is 328 g/mol. The summed E-state index contributed by atoms with van der Waals surface area (Å²) in [5, 5.41) is 15.1. The number of benzene rings is 1. The van der Waals surface area contributed by atoms with E-state index in [4.69, 9.17) is 16.7 Å². The third kappa shape index (κ3) is 4.85. The molecule has 0 aromatic heterocycles. The van der Waals surface area contributed by atoms with E-state index < -0.39 is 0 Å². The molecule has 122 valence electrons. The lowest BCUT2D eigenvalue weighted by molar-refractivity contribution is 0.174. The predicted molar refractivity (Wildman–Crippen MR) is 84.5 cm³/mol. The largest absolute Gasteiger partial charge is 0.396 e. The van der Waals surface area contributed by atoms with Crippen LogP contribution in [0, 0.1) is 11.7 Å². The topological polar surface area (TPSA) is 61.4 Å². The number of nitrogens with one attached hydrogen (secondary N) is 2. The highest BCUT2D eigenvalue weighted by molar-refractivity contribution is 6.31. The molecule has 4 nitrogen and oxygen atoms in total. The summed E-state index contributed by atoms with van der Waals surface area (Å²) in [4.78, 5) is 11.8. The van der Waals surface area contributed by atoms with Gasteiger partial charge in [0.25, 0.3) is 0 Å². The summed E-state index contributed by atoms with van der Waals surface area (Å²) >= 11 is 5.94. The zero-order chi connectivity index (χ0) is 15.9. The Morgan fingerprint density at radius 1 is 1.32 bits per heavy atom. The van der Waals surface area contributed by atoms with E-state index in [1.807, 2.05) is 0 Å². The van der Waals surface area contributed by atoms with E-state index in [1.54, 1.807) is 12.1 Å². The van der Waals surface area contributed by atoms with Gasteiger partial charge in [0.1, 0.15) is 5.82 Å². The molecule has 1 aromatic carbocycles. The molecule has 2 amide bonds. The summed E-state index contributed by atoms with van der Waals surface area (Å²) < 4.78 is 13.6. The van der Waals surface area contributed by atoms with Gasteiger partial charge in [0.15, 0.2) is 0 Å². The molecular weight excluding hydrogens is 307 g/mol. The average Bonchev–Trinajstić information content (AvgIpc) is 2.51. The molecule has 6 heteroatoms. The van der Waals surface area contributed by atoms with Crippen LogP contribution in [0.25, 0.3) is 0 Å². The summed E-state index contributed by atoms with van der Waals surface area (Å²) in [6.45, 7) is 0.556. The summed E-state index contributed by atoms with van der Waals surface area (Å²) in [5.74, 6) is 0.0151. The number of aliphatic hydroxyl groups is 1. The van der Waals surface area contributed by atoms with Crippen molar-refractivity contribution in [3.8, 4) is 0 Å². The quantitative estimate of drug-likeness (QED) is 0.778. The first-order valence-electron chi connectivity index (χ1n) is 7.68. The van der Waals surface area contributed by atoms with E-state index in [2.05, 4.69) is 10.6 Å². The van der Waals surface area contributed by atoms with Crippen LogP contribution in [0.15, 0.2) is 18.2 Å². The third-order valence-corrected chi connectivity index (χ3v) is 4.52. The van der Waals surface area contributed by atoms with Crippen LogP contribution in [0.3, 0.4) is 0 Å². The number of aliphatic hydroxyl groups excluding tert-OH is 1. The van der Waals surface area contributed by atoms with Gasteiger partial charge in [-0.15, -0.1) is 0 Å². The normalized spacial score (nSPS) is 21.4. The number of amides is 2. The third-order valence-electron chi connectivity index (χ3n) is 4.16. The SMILES string of the molecule is O=C(NCCc1c(F)cccc1Cl)NC1CCC(CO)CC1. The maximum absolute atomic E-state index is 13.6. The van der Waals surface area contributed by atoms with Gasteiger partial charge < -0.3 is 15.7 Å². The second kappa shape index (κ2) is 8.34. The maximum atomic E-state index is 13.6. The van der Waals surface area contributed by atoms with Gasteiger partial charge in [-0.25, -0.2) is 9.18 Å². The van der Waals surface area contributed by atoms with Crippen LogP contribution in [0.4, 0.5) is 9.18 Å². The summed E-state index contributed by atoms with van der Waals surface area (Å²) in [5.41, 5.74) is 0.424. The minimum absolute atomic E-state index is 0.153. The van der Waals surface area contributed by atoms with Crippen molar-refractivity contribution in [2.24, 2.45) is 5.92 Å². The Hall–Kier alpha value is -1.33. The molecule has 0 radical (unpaired) electrons. The van der Waals surface area contributed by atoms with E-state index in [9.17, 15) is 9.18 Å². The van der Waals surface area contributed by atoms with Gasteiger partial charge in [0.2, 0.25) is 0 Å². The molecule has 0 aliphatic heterocycles. The molecule has 0 heterocycles. The molecule has 1 aromatic rings. The van der Waals surface area contributed by atoms with Crippen LogP contribution in [0.5, 0.6) is 0 Å². The van der Waals surface area contributed by atoms with Crippen molar-refractivity contribution in [2.45, 2.75) is 38.1 Å². The molecule has 3 N–H and O–H groups in total. The lowest BCUT2D eigenvalue weighted by Crippen LogP contribution is -2.44. The minimum Gasteiger partial charge on any atom is -0.396 e. The van der Waals surface area contributed by atoms with Crippen molar-refractivity contribution < 1.29 is 14.3 Å². The number of carbonyl (C=O) groups is 1. The number of carbonyl (C=O) groups excluding carboxylic acids is 1. The van der Waals surface area contributed by atoms with Crippen molar-refractivity contribution in [1.82, 2.24) is 10.6 Å². The molecule has 1 aliphatic carbocycles. The molecule has 2 rings (SSSR count). The summed E-state index contributed by atoms with van der Waals surface area (Å²) in [6.07, 6.45) is 4.00. The van der Waals surface area contributed by atoms with Crippen molar-refractivity contribution in [1.29, 1.82) is 0 Å². The van der Waals surface area contributed by atoms with E-state index in [1.165, 1.54) is 6.07 Å². The van der Waals surface area contributed by atoms with E-state index in [0.29, 0.717) is 29.5 Å². The first kappa shape index (κ1) is 17.0. The highest BCUT2D eigenvalue weighted by Crippen LogP contribution is 2.23. The standard InChI is InChI=1S/C16H22ClFN2O2/c17-14-2-1-3-15(18)13(14)8-9-19-16(22)20-12-6-4-11(10-21)5-7-12/h1-3,11-12,21H,4-10H2,(H2,19,20,22). The molecule has 0 atom stereocenters. The van der Waals surface area contributed by atoms with Gasteiger partial charge in [-0.2, -0.15) is 0 Å². The van der Waals surface area contributed by atoms with Gasteiger partial charge in [-0.3, -0.25) is 0 Å². The second-order valence-electron chi connectivity index (χ2n) is 5.75. The fourth-order valence-corrected chi connectivity index (χ4v) is 3.06.